The molecule has 0 aromatic rings. The SMILES string of the molecule is NN.NN.NN.O=C(O)CC(O)(CC(=O)O)C(=O)O. The smallest absolute Gasteiger partial charge is 0.336 e. The molecule has 0 atom stereocenters. The standard InChI is InChI=1S/C6H8O7.3H4N2/c7-3(8)1-6(13,5(11)12)2-4(9)10;3*1-2/h13H,1-2H2,(H,7,8)(H,9,10)(H,11,12);3*1-2H2. The maximum Gasteiger partial charge on any atom is 0.336 e. The minimum absolute atomic E-state index is 1.14. The molecule has 0 radical (unpaired) electrons. The van der Waals surface area contributed by atoms with Crippen LogP contribution in [0.3, 0.4) is 0 Å². The van der Waals surface area contributed by atoms with Crippen molar-refractivity contribution in [2.45, 2.75) is 18.4 Å². The van der Waals surface area contributed by atoms with Gasteiger partial charge in [0.25, 0.3) is 0 Å². The summed E-state index contributed by atoms with van der Waals surface area (Å²) in [5.41, 5.74) is -2.74. The topological polar surface area (TPSA) is 288 Å². The summed E-state index contributed by atoms with van der Waals surface area (Å²) in [4.78, 5) is 30.5. The van der Waals surface area contributed by atoms with Crippen molar-refractivity contribution in [3.63, 3.8) is 0 Å². The number of hydrazine groups is 3. The molecule has 0 saturated heterocycles. The van der Waals surface area contributed by atoms with E-state index in [0.29, 0.717) is 0 Å². The number of carboxylic acids is 3. The number of nitrogens with two attached hydrogens (primary N) is 6. The molecule has 0 heterocycles. The van der Waals surface area contributed by atoms with E-state index in [2.05, 4.69) is 35.1 Å². The fourth-order valence-electron chi connectivity index (χ4n) is 0.714. The molecule has 0 fully saturated rings. The van der Waals surface area contributed by atoms with E-state index >= 15 is 0 Å². The van der Waals surface area contributed by atoms with Crippen molar-refractivity contribution < 1.29 is 34.8 Å². The van der Waals surface area contributed by atoms with Crippen LogP contribution in [0.4, 0.5) is 0 Å². The lowest BCUT2D eigenvalue weighted by Crippen LogP contribution is -2.42. The largest absolute Gasteiger partial charge is 0.481 e. The van der Waals surface area contributed by atoms with Gasteiger partial charge in [-0.15, -0.1) is 0 Å². The highest BCUT2D eigenvalue weighted by atomic mass is 16.4. The molecule has 0 aromatic carbocycles. The first kappa shape index (κ1) is 25.9. The molecule has 0 spiro atoms. The van der Waals surface area contributed by atoms with Gasteiger partial charge in [-0.1, -0.05) is 0 Å². The van der Waals surface area contributed by atoms with E-state index in [0.717, 1.165) is 0 Å². The van der Waals surface area contributed by atoms with Gasteiger partial charge >= 0.3 is 17.9 Å². The number of carbonyl (C=O) groups is 3. The number of aliphatic carboxylic acids is 3. The first-order valence-electron chi connectivity index (χ1n) is 4.17. The molecule has 0 unspecified atom stereocenters. The summed E-state index contributed by atoms with van der Waals surface area (Å²) in [6.07, 6.45) is -2.29. The molecule has 19 heavy (non-hydrogen) atoms. The van der Waals surface area contributed by atoms with Crippen molar-refractivity contribution in [1.29, 1.82) is 0 Å². The molecule has 0 bridgehead atoms. The van der Waals surface area contributed by atoms with Crippen LogP contribution in [0.25, 0.3) is 0 Å². The zero-order valence-corrected chi connectivity index (χ0v) is 9.89. The minimum atomic E-state index is -2.74. The molecular weight excluding hydrogens is 268 g/mol. The number of hydrogen-bond donors (Lipinski definition) is 10. The van der Waals surface area contributed by atoms with E-state index in [1.807, 2.05) is 0 Å². The number of carboxylic acid groups (broad SMARTS) is 3. The van der Waals surface area contributed by atoms with Crippen molar-refractivity contribution in [3.05, 3.63) is 0 Å². The molecule has 0 saturated carbocycles. The van der Waals surface area contributed by atoms with Gasteiger partial charge in [0.15, 0.2) is 5.60 Å². The highest BCUT2D eigenvalue weighted by molar-refractivity contribution is 5.88. The summed E-state index contributed by atoms with van der Waals surface area (Å²) in [6.45, 7) is 0. The zero-order chi connectivity index (χ0) is 16.6. The van der Waals surface area contributed by atoms with E-state index < -0.39 is 36.4 Å². The summed E-state index contributed by atoms with van der Waals surface area (Å²) in [5.74, 6) is 19.0. The second-order valence-corrected chi connectivity index (χ2v) is 2.48. The lowest BCUT2D eigenvalue weighted by Gasteiger charge is -2.18. The van der Waals surface area contributed by atoms with Gasteiger partial charge in [0.05, 0.1) is 12.8 Å². The van der Waals surface area contributed by atoms with E-state index in [-0.39, 0.29) is 0 Å². The Kier molecular flexibility index (Phi) is 21.9. The quantitative estimate of drug-likeness (QED) is 0.168. The Balaban J connectivity index is -0.000000163. The molecule has 0 rings (SSSR count). The van der Waals surface area contributed by atoms with Crippen LogP contribution in [-0.4, -0.2) is 43.9 Å². The second kappa shape index (κ2) is 16.1. The minimum Gasteiger partial charge on any atom is -0.481 e. The fourth-order valence-corrected chi connectivity index (χ4v) is 0.714. The third-order valence-corrected chi connectivity index (χ3v) is 1.29. The van der Waals surface area contributed by atoms with Gasteiger partial charge in [-0.05, 0) is 0 Å². The third kappa shape index (κ3) is 16.1. The molecule has 0 aliphatic rings. The average molecular weight is 288 g/mol. The van der Waals surface area contributed by atoms with E-state index in [4.69, 9.17) is 20.4 Å². The molecule has 16 N–H and O–H groups in total. The molecule has 0 amide bonds. The Bertz CT molecular complexity index is 244. The van der Waals surface area contributed by atoms with Crippen molar-refractivity contribution in [3.8, 4) is 0 Å². The molecular formula is C6H20N6O7. The fraction of sp³-hybridized carbons (Fsp3) is 0.500. The first-order chi connectivity index (χ1) is 8.78. The van der Waals surface area contributed by atoms with Crippen molar-refractivity contribution in [1.82, 2.24) is 0 Å². The van der Waals surface area contributed by atoms with E-state index in [1.54, 1.807) is 0 Å². The summed E-state index contributed by atoms with van der Waals surface area (Å²) in [5, 5.41) is 33.8. The van der Waals surface area contributed by atoms with Gasteiger partial charge in [-0.25, -0.2) is 4.79 Å². The third-order valence-electron chi connectivity index (χ3n) is 1.29. The molecule has 13 heteroatoms. The Labute approximate surface area is 107 Å². The lowest BCUT2D eigenvalue weighted by molar-refractivity contribution is -0.170. The van der Waals surface area contributed by atoms with Crippen LogP contribution in [0.5, 0.6) is 0 Å². The van der Waals surface area contributed by atoms with Gasteiger partial charge in [-0.2, -0.15) is 0 Å². The van der Waals surface area contributed by atoms with Crippen LogP contribution < -0.4 is 35.1 Å². The summed E-state index contributed by atoms with van der Waals surface area (Å²) >= 11 is 0. The summed E-state index contributed by atoms with van der Waals surface area (Å²) in [6, 6.07) is 0. The second-order valence-electron chi connectivity index (χ2n) is 2.48. The van der Waals surface area contributed by atoms with Gasteiger partial charge in [0, 0.05) is 0 Å². The normalized spacial score (nSPS) is 8.37. The monoisotopic (exact) mass is 288 g/mol. The maximum absolute atomic E-state index is 10.3. The Morgan fingerprint density at radius 2 is 0.947 bits per heavy atom. The van der Waals surface area contributed by atoms with Crippen LogP contribution in [-0.2, 0) is 14.4 Å². The zero-order valence-electron chi connectivity index (χ0n) is 9.89. The maximum atomic E-state index is 10.3. The average Bonchev–Trinajstić information content (AvgIpc) is 2.34. The number of hydrogen-bond acceptors (Lipinski definition) is 10. The Morgan fingerprint density at radius 3 is 1.05 bits per heavy atom. The number of aliphatic hydroxyl groups is 1. The van der Waals surface area contributed by atoms with E-state index in [9.17, 15) is 14.4 Å². The predicted molar refractivity (Wildman–Crippen MR) is 62.2 cm³/mol. The molecule has 0 aliphatic carbocycles. The first-order valence-corrected chi connectivity index (χ1v) is 4.17. The van der Waals surface area contributed by atoms with Crippen LogP contribution in [0.15, 0.2) is 0 Å². The van der Waals surface area contributed by atoms with Crippen molar-refractivity contribution in [2.75, 3.05) is 0 Å². The molecule has 0 aromatic heterocycles. The van der Waals surface area contributed by atoms with Crippen LogP contribution in [0.1, 0.15) is 12.8 Å². The van der Waals surface area contributed by atoms with Crippen molar-refractivity contribution >= 4 is 17.9 Å². The predicted octanol–water partition coefficient (Wildman–Crippen LogP) is -4.79. The van der Waals surface area contributed by atoms with Crippen LogP contribution in [0, 0.1) is 0 Å². The molecule has 116 valence electrons. The van der Waals surface area contributed by atoms with Crippen molar-refractivity contribution in [2.24, 2.45) is 35.1 Å². The highest BCUT2D eigenvalue weighted by Gasteiger charge is 2.40. The Morgan fingerprint density at radius 1 is 0.737 bits per heavy atom. The van der Waals surface area contributed by atoms with Crippen LogP contribution >= 0.6 is 0 Å². The summed E-state index contributed by atoms with van der Waals surface area (Å²) < 4.78 is 0. The molecule has 0 aliphatic heterocycles. The van der Waals surface area contributed by atoms with Crippen LogP contribution in [0.2, 0.25) is 0 Å². The van der Waals surface area contributed by atoms with Gasteiger partial charge in [0.1, 0.15) is 0 Å². The lowest BCUT2D eigenvalue weighted by atomic mass is 9.96. The van der Waals surface area contributed by atoms with Gasteiger partial charge in [-0.3, -0.25) is 44.6 Å². The summed E-state index contributed by atoms with van der Waals surface area (Å²) in [7, 11) is 0. The van der Waals surface area contributed by atoms with E-state index in [1.165, 1.54) is 0 Å². The highest BCUT2D eigenvalue weighted by Crippen LogP contribution is 2.15. The van der Waals surface area contributed by atoms with Gasteiger partial charge < -0.3 is 20.4 Å². The van der Waals surface area contributed by atoms with Gasteiger partial charge in [0.2, 0.25) is 0 Å². The number of rotatable bonds is 5. The Hall–Kier alpha value is -1.87. The molecule has 13 nitrogen and oxygen atoms in total.